The molecule has 1 rings (SSSR count). The first-order chi connectivity index (χ1) is 7.04. The highest BCUT2D eigenvalue weighted by Gasteiger charge is 2.27. The summed E-state index contributed by atoms with van der Waals surface area (Å²) < 4.78 is 27.7. The third kappa shape index (κ3) is 3.06. The molecule has 6 heteroatoms. The Hall–Kier alpha value is 0.0900. The summed E-state index contributed by atoms with van der Waals surface area (Å²) in [5.74, 6) is 0. The van der Waals surface area contributed by atoms with Gasteiger partial charge in [-0.2, -0.15) is 0 Å². The lowest BCUT2D eigenvalue weighted by atomic mass is 10.1. The molecule has 0 aliphatic heterocycles. The van der Waals surface area contributed by atoms with Crippen molar-refractivity contribution in [1.82, 2.24) is 4.72 Å². The summed E-state index contributed by atoms with van der Waals surface area (Å²) in [6, 6.07) is 0. The minimum Gasteiger partial charge on any atom is -0.207 e. The average molecular weight is 326 g/mol. The van der Waals surface area contributed by atoms with Crippen LogP contribution in [-0.2, 0) is 10.0 Å². The normalized spacial score (nSPS) is 13.1. The Morgan fingerprint density at radius 1 is 1.19 bits per heavy atom. The number of hydrogen-bond donors (Lipinski definition) is 1. The Morgan fingerprint density at radius 3 is 2.00 bits per heavy atom. The number of halogens is 1. The molecular weight excluding hydrogens is 310 g/mol. The minimum atomic E-state index is -3.44. The van der Waals surface area contributed by atoms with Crippen LogP contribution in [0.4, 0.5) is 0 Å². The zero-order valence-corrected chi connectivity index (χ0v) is 13.2. The molecule has 3 nitrogen and oxygen atoms in total. The van der Waals surface area contributed by atoms with Crippen LogP contribution >= 0.6 is 27.3 Å². The molecule has 0 fully saturated rings. The maximum Gasteiger partial charge on any atom is 0.243 e. The first-order valence-electron chi connectivity index (χ1n) is 4.84. The van der Waals surface area contributed by atoms with Gasteiger partial charge in [0.1, 0.15) is 4.90 Å². The van der Waals surface area contributed by atoms with Gasteiger partial charge >= 0.3 is 0 Å². The zero-order chi connectivity index (χ0) is 12.7. The fourth-order valence-electron chi connectivity index (χ4n) is 1.40. The van der Waals surface area contributed by atoms with Crippen LogP contribution in [0.25, 0.3) is 0 Å². The number of nitrogens with one attached hydrogen (secondary N) is 1. The molecule has 0 spiro atoms. The Kier molecular flexibility index (Phi) is 3.89. The topological polar surface area (TPSA) is 46.2 Å². The molecule has 0 atom stereocenters. The highest BCUT2D eigenvalue weighted by atomic mass is 79.9. The third-order valence-electron chi connectivity index (χ3n) is 1.84. The number of rotatable bonds is 2. The maximum absolute atomic E-state index is 12.2. The van der Waals surface area contributed by atoms with Crippen LogP contribution in [0.1, 0.15) is 30.5 Å². The predicted molar refractivity (Wildman–Crippen MR) is 71.6 cm³/mol. The lowest BCUT2D eigenvalue weighted by Gasteiger charge is -2.20. The number of thiophene rings is 1. The van der Waals surface area contributed by atoms with E-state index in [9.17, 15) is 8.42 Å². The second-order valence-corrected chi connectivity index (χ2v) is 8.55. The van der Waals surface area contributed by atoms with E-state index in [2.05, 4.69) is 20.7 Å². The highest BCUT2D eigenvalue weighted by molar-refractivity contribution is 9.10. The summed E-state index contributed by atoms with van der Waals surface area (Å²) in [5.41, 5.74) is -0.472. The van der Waals surface area contributed by atoms with E-state index in [1.54, 1.807) is 0 Å². The van der Waals surface area contributed by atoms with Gasteiger partial charge in [0.2, 0.25) is 10.0 Å². The monoisotopic (exact) mass is 325 g/mol. The molecule has 0 aliphatic carbocycles. The van der Waals surface area contributed by atoms with Crippen LogP contribution in [0.2, 0.25) is 0 Å². The summed E-state index contributed by atoms with van der Waals surface area (Å²) in [4.78, 5) is 2.15. The summed E-state index contributed by atoms with van der Waals surface area (Å²) in [5, 5.41) is 0. The van der Waals surface area contributed by atoms with Gasteiger partial charge in [0.15, 0.2) is 0 Å². The molecule has 92 valence electrons. The van der Waals surface area contributed by atoms with Gasteiger partial charge in [0.25, 0.3) is 0 Å². The quantitative estimate of drug-likeness (QED) is 0.907. The van der Waals surface area contributed by atoms with Gasteiger partial charge in [-0.1, -0.05) is 0 Å². The molecular formula is C10H16BrNO2S2. The van der Waals surface area contributed by atoms with E-state index in [1.807, 2.05) is 34.6 Å². The molecule has 0 amide bonds. The van der Waals surface area contributed by atoms with Crippen LogP contribution in [0, 0.1) is 13.8 Å². The van der Waals surface area contributed by atoms with Gasteiger partial charge in [-0.25, -0.2) is 13.1 Å². The lowest BCUT2D eigenvalue weighted by molar-refractivity contribution is 0.491. The standard InChI is InChI=1S/C10H16BrNO2S2/c1-6-8(11)9(7(2)15-6)16(13,14)12-10(3,4)5/h12H,1-5H3. The van der Waals surface area contributed by atoms with Crippen molar-refractivity contribution in [2.75, 3.05) is 0 Å². The van der Waals surface area contributed by atoms with E-state index in [-0.39, 0.29) is 0 Å². The van der Waals surface area contributed by atoms with Gasteiger partial charge in [0, 0.05) is 15.3 Å². The summed E-state index contributed by atoms with van der Waals surface area (Å²) in [6.07, 6.45) is 0. The van der Waals surface area contributed by atoms with Crippen molar-refractivity contribution in [3.05, 3.63) is 14.2 Å². The van der Waals surface area contributed by atoms with Gasteiger partial charge in [-0.05, 0) is 50.5 Å². The highest BCUT2D eigenvalue weighted by Crippen LogP contribution is 2.35. The largest absolute Gasteiger partial charge is 0.243 e. The van der Waals surface area contributed by atoms with Crippen LogP contribution < -0.4 is 4.72 Å². The van der Waals surface area contributed by atoms with Crippen molar-refractivity contribution in [2.24, 2.45) is 0 Å². The Morgan fingerprint density at radius 2 is 1.69 bits per heavy atom. The van der Waals surface area contributed by atoms with Crippen LogP contribution in [0.5, 0.6) is 0 Å². The smallest absolute Gasteiger partial charge is 0.207 e. The predicted octanol–water partition coefficient (Wildman–Crippen LogP) is 3.20. The van der Waals surface area contributed by atoms with E-state index in [0.29, 0.717) is 9.37 Å². The number of aryl methyl sites for hydroxylation is 2. The molecule has 1 heterocycles. The van der Waals surface area contributed by atoms with Crippen molar-refractivity contribution in [3.63, 3.8) is 0 Å². The summed E-state index contributed by atoms with van der Waals surface area (Å²) >= 11 is 4.82. The van der Waals surface area contributed by atoms with Crippen molar-refractivity contribution in [3.8, 4) is 0 Å². The van der Waals surface area contributed by atoms with Crippen LogP contribution in [-0.4, -0.2) is 14.0 Å². The van der Waals surface area contributed by atoms with E-state index in [4.69, 9.17) is 0 Å². The molecule has 0 aliphatic rings. The van der Waals surface area contributed by atoms with Gasteiger partial charge in [-0.15, -0.1) is 11.3 Å². The van der Waals surface area contributed by atoms with Gasteiger partial charge < -0.3 is 0 Å². The van der Waals surface area contributed by atoms with Crippen molar-refractivity contribution >= 4 is 37.3 Å². The fraction of sp³-hybridized carbons (Fsp3) is 0.600. The Labute approximate surface area is 109 Å². The van der Waals surface area contributed by atoms with Crippen molar-refractivity contribution in [1.29, 1.82) is 0 Å². The molecule has 1 aromatic heterocycles. The second kappa shape index (κ2) is 4.40. The zero-order valence-electron chi connectivity index (χ0n) is 10.0. The Bertz CT molecular complexity index is 498. The number of sulfonamides is 1. The van der Waals surface area contributed by atoms with Crippen LogP contribution in [0.3, 0.4) is 0 Å². The molecule has 0 saturated carbocycles. The van der Waals surface area contributed by atoms with Crippen molar-refractivity contribution in [2.45, 2.75) is 45.1 Å². The maximum atomic E-state index is 12.2. The average Bonchev–Trinajstić information content (AvgIpc) is 2.20. The van der Waals surface area contributed by atoms with E-state index in [1.165, 1.54) is 11.3 Å². The first kappa shape index (κ1) is 14.2. The summed E-state index contributed by atoms with van der Waals surface area (Å²) in [7, 11) is -3.44. The Balaban J connectivity index is 3.28. The van der Waals surface area contributed by atoms with Gasteiger partial charge in [0.05, 0.1) is 4.47 Å². The third-order valence-corrected chi connectivity index (χ3v) is 6.44. The molecule has 0 radical (unpaired) electrons. The molecule has 0 saturated heterocycles. The second-order valence-electron chi connectivity index (χ2n) is 4.71. The molecule has 0 bridgehead atoms. The molecule has 1 N–H and O–H groups in total. The van der Waals surface area contributed by atoms with Gasteiger partial charge in [-0.3, -0.25) is 0 Å². The fourth-order valence-corrected chi connectivity index (χ4v) is 5.75. The first-order valence-corrected chi connectivity index (χ1v) is 7.93. The number of hydrogen-bond acceptors (Lipinski definition) is 3. The lowest BCUT2D eigenvalue weighted by Crippen LogP contribution is -2.40. The molecule has 1 aromatic rings. The van der Waals surface area contributed by atoms with E-state index < -0.39 is 15.6 Å². The molecule has 16 heavy (non-hydrogen) atoms. The molecule has 0 unspecified atom stereocenters. The summed E-state index contributed by atoms with van der Waals surface area (Å²) in [6.45, 7) is 9.20. The van der Waals surface area contributed by atoms with Crippen LogP contribution in [0.15, 0.2) is 9.37 Å². The minimum absolute atomic E-state index is 0.366. The molecule has 0 aromatic carbocycles. The van der Waals surface area contributed by atoms with Crippen molar-refractivity contribution < 1.29 is 8.42 Å². The van der Waals surface area contributed by atoms with E-state index >= 15 is 0 Å². The van der Waals surface area contributed by atoms with E-state index in [0.717, 1.165) is 9.75 Å². The SMILES string of the molecule is Cc1sc(C)c(S(=O)(=O)NC(C)(C)C)c1Br.